The van der Waals surface area contributed by atoms with Crippen LogP contribution in [0.5, 0.6) is 0 Å². The lowest BCUT2D eigenvalue weighted by Crippen LogP contribution is -2.25. The molecule has 2 N–H and O–H groups in total. The molecule has 0 spiro atoms. The van der Waals surface area contributed by atoms with E-state index in [1.54, 1.807) is 25.2 Å². The van der Waals surface area contributed by atoms with Gasteiger partial charge < -0.3 is 10.4 Å². The van der Waals surface area contributed by atoms with Crippen molar-refractivity contribution >= 4 is 28.6 Å². The van der Waals surface area contributed by atoms with Gasteiger partial charge in [0.25, 0.3) is 5.56 Å². The summed E-state index contributed by atoms with van der Waals surface area (Å²) in [5.41, 5.74) is 0.468. The third-order valence-electron chi connectivity index (χ3n) is 2.98. The second-order valence-electron chi connectivity index (χ2n) is 4.41. The molecule has 1 amide bonds. The highest BCUT2D eigenvalue weighted by atomic mass is 32.2. The molecule has 1 heterocycles. The number of rotatable bonds is 6. The molecule has 2 aromatic rings. The van der Waals surface area contributed by atoms with Gasteiger partial charge in [0, 0.05) is 20.2 Å². The van der Waals surface area contributed by atoms with E-state index in [9.17, 15) is 9.59 Å². The molecular formula is C14H17N3O3S. The number of hydrogen-bond donors (Lipinski definition) is 2. The molecule has 6 nitrogen and oxygen atoms in total. The van der Waals surface area contributed by atoms with Crippen molar-refractivity contribution in [3.8, 4) is 0 Å². The Morgan fingerprint density at radius 2 is 2.19 bits per heavy atom. The van der Waals surface area contributed by atoms with Crippen molar-refractivity contribution in [1.82, 2.24) is 14.9 Å². The molecule has 0 fully saturated rings. The van der Waals surface area contributed by atoms with Crippen LogP contribution in [-0.2, 0) is 11.3 Å². The monoisotopic (exact) mass is 307 g/mol. The van der Waals surface area contributed by atoms with E-state index in [0.29, 0.717) is 29.0 Å². The Hall–Kier alpha value is -1.86. The topological polar surface area (TPSA) is 84.2 Å². The zero-order chi connectivity index (χ0) is 15.2. The van der Waals surface area contributed by atoms with Crippen LogP contribution in [-0.4, -0.2) is 40.0 Å². The highest BCUT2D eigenvalue weighted by Gasteiger charge is 2.12. The number of nitrogens with one attached hydrogen (secondary N) is 1. The zero-order valence-electron chi connectivity index (χ0n) is 11.7. The first kappa shape index (κ1) is 15.5. The van der Waals surface area contributed by atoms with Crippen LogP contribution in [0.4, 0.5) is 0 Å². The van der Waals surface area contributed by atoms with E-state index in [4.69, 9.17) is 5.11 Å². The Bertz CT molecular complexity index is 699. The van der Waals surface area contributed by atoms with Gasteiger partial charge in [0.2, 0.25) is 5.91 Å². The molecule has 0 saturated carbocycles. The molecule has 0 atom stereocenters. The largest absolute Gasteiger partial charge is 0.396 e. The molecule has 0 aliphatic heterocycles. The number of aliphatic hydroxyl groups excluding tert-OH is 1. The minimum absolute atomic E-state index is 0.00117. The molecular weight excluding hydrogens is 290 g/mol. The van der Waals surface area contributed by atoms with Crippen LogP contribution in [0.3, 0.4) is 0 Å². The number of aromatic nitrogens is 2. The van der Waals surface area contributed by atoms with Crippen LogP contribution in [0, 0.1) is 0 Å². The third kappa shape index (κ3) is 3.62. The first-order valence-corrected chi connectivity index (χ1v) is 7.59. The summed E-state index contributed by atoms with van der Waals surface area (Å²) in [7, 11) is 1.57. The summed E-state index contributed by atoms with van der Waals surface area (Å²) in [6, 6.07) is 7.11. The first-order valence-electron chi connectivity index (χ1n) is 6.61. The van der Waals surface area contributed by atoms with Gasteiger partial charge in [-0.15, -0.1) is 0 Å². The number of carbonyl (C=O) groups is 1. The van der Waals surface area contributed by atoms with Crippen LogP contribution < -0.4 is 10.9 Å². The van der Waals surface area contributed by atoms with E-state index in [2.05, 4.69) is 10.3 Å². The van der Waals surface area contributed by atoms with Crippen molar-refractivity contribution in [2.75, 3.05) is 19.4 Å². The van der Waals surface area contributed by atoms with Crippen LogP contribution in [0.15, 0.2) is 34.2 Å². The number of benzene rings is 1. The highest BCUT2D eigenvalue weighted by molar-refractivity contribution is 7.99. The predicted molar refractivity (Wildman–Crippen MR) is 82.5 cm³/mol. The fourth-order valence-electron chi connectivity index (χ4n) is 1.89. The average Bonchev–Trinajstić information content (AvgIpc) is 2.52. The minimum atomic E-state index is -0.145. The van der Waals surface area contributed by atoms with E-state index in [0.717, 1.165) is 0 Å². The van der Waals surface area contributed by atoms with Gasteiger partial charge in [-0.3, -0.25) is 14.2 Å². The Kier molecular flexibility index (Phi) is 5.35. The summed E-state index contributed by atoms with van der Waals surface area (Å²) in [6.45, 7) is 0.377. The van der Waals surface area contributed by atoms with Crippen LogP contribution in [0.1, 0.15) is 6.42 Å². The maximum absolute atomic E-state index is 12.5. The van der Waals surface area contributed by atoms with Gasteiger partial charge in [0.1, 0.15) is 0 Å². The smallest absolute Gasteiger partial charge is 0.262 e. The van der Waals surface area contributed by atoms with Gasteiger partial charge in [-0.05, 0) is 18.6 Å². The fraction of sp³-hybridized carbons (Fsp3) is 0.357. The summed E-state index contributed by atoms with van der Waals surface area (Å²) in [4.78, 5) is 28.3. The van der Waals surface area contributed by atoms with E-state index < -0.39 is 0 Å². The number of thioether (sulfide) groups is 1. The second kappa shape index (κ2) is 7.24. The van der Waals surface area contributed by atoms with Gasteiger partial charge in [0.05, 0.1) is 16.7 Å². The summed E-state index contributed by atoms with van der Waals surface area (Å²) >= 11 is 1.22. The number of fused-ring (bicyclic) bond motifs is 1. The number of hydrogen-bond acceptors (Lipinski definition) is 5. The molecule has 0 radical (unpaired) electrons. The summed E-state index contributed by atoms with van der Waals surface area (Å²) in [5, 5.41) is 12.5. The van der Waals surface area contributed by atoms with Gasteiger partial charge >= 0.3 is 0 Å². The van der Waals surface area contributed by atoms with Crippen LogP contribution in [0.25, 0.3) is 10.9 Å². The molecule has 1 aromatic heterocycles. The first-order chi connectivity index (χ1) is 10.2. The highest BCUT2D eigenvalue weighted by Crippen LogP contribution is 2.17. The van der Waals surface area contributed by atoms with Crippen molar-refractivity contribution in [3.63, 3.8) is 0 Å². The van der Waals surface area contributed by atoms with Crippen molar-refractivity contribution < 1.29 is 9.90 Å². The standard InChI is InChI=1S/C14H17N3O3S/c1-15-12(19)9-21-14-16-11-6-3-2-5-10(11)13(20)17(14)7-4-8-18/h2-3,5-6,18H,4,7-9H2,1H3,(H,15,19). The molecule has 0 unspecified atom stereocenters. The van der Waals surface area contributed by atoms with E-state index in [1.165, 1.54) is 16.3 Å². The molecule has 0 aliphatic carbocycles. The van der Waals surface area contributed by atoms with Gasteiger partial charge in [-0.2, -0.15) is 0 Å². The average molecular weight is 307 g/mol. The van der Waals surface area contributed by atoms with Crippen LogP contribution in [0.2, 0.25) is 0 Å². The summed E-state index contributed by atoms with van der Waals surface area (Å²) < 4.78 is 1.52. The van der Waals surface area contributed by atoms with E-state index in [1.807, 2.05) is 6.07 Å². The van der Waals surface area contributed by atoms with Gasteiger partial charge in [-0.25, -0.2) is 4.98 Å². The second-order valence-corrected chi connectivity index (χ2v) is 5.35. The Morgan fingerprint density at radius 3 is 2.90 bits per heavy atom. The predicted octanol–water partition coefficient (Wildman–Crippen LogP) is 0.617. The SMILES string of the molecule is CNC(=O)CSc1nc2ccccc2c(=O)n1CCCO. The van der Waals surface area contributed by atoms with Crippen molar-refractivity contribution in [3.05, 3.63) is 34.6 Å². The fourth-order valence-corrected chi connectivity index (χ4v) is 2.78. The number of nitrogens with zero attached hydrogens (tertiary/aromatic N) is 2. The molecule has 0 aliphatic rings. The molecule has 0 saturated heterocycles. The van der Waals surface area contributed by atoms with Crippen LogP contribution >= 0.6 is 11.8 Å². The number of para-hydroxylation sites is 1. The molecule has 0 bridgehead atoms. The van der Waals surface area contributed by atoms with Crippen molar-refractivity contribution in [1.29, 1.82) is 0 Å². The van der Waals surface area contributed by atoms with Crippen molar-refractivity contribution in [2.24, 2.45) is 0 Å². The molecule has 1 aromatic carbocycles. The minimum Gasteiger partial charge on any atom is -0.396 e. The molecule has 2 rings (SSSR count). The molecule has 7 heteroatoms. The lowest BCUT2D eigenvalue weighted by molar-refractivity contribution is -0.118. The maximum Gasteiger partial charge on any atom is 0.262 e. The van der Waals surface area contributed by atoms with E-state index >= 15 is 0 Å². The third-order valence-corrected chi connectivity index (χ3v) is 3.95. The lowest BCUT2D eigenvalue weighted by Gasteiger charge is -2.12. The molecule has 21 heavy (non-hydrogen) atoms. The number of amides is 1. The lowest BCUT2D eigenvalue weighted by atomic mass is 10.2. The Morgan fingerprint density at radius 1 is 1.43 bits per heavy atom. The normalized spacial score (nSPS) is 10.8. The van der Waals surface area contributed by atoms with Crippen molar-refractivity contribution in [2.45, 2.75) is 18.1 Å². The quantitative estimate of drug-likeness (QED) is 0.603. The van der Waals surface area contributed by atoms with Gasteiger partial charge in [0.15, 0.2) is 5.16 Å². The number of carbonyl (C=O) groups excluding carboxylic acids is 1. The number of aliphatic hydroxyl groups is 1. The summed E-state index contributed by atoms with van der Waals surface area (Å²) in [6.07, 6.45) is 0.466. The zero-order valence-corrected chi connectivity index (χ0v) is 12.5. The van der Waals surface area contributed by atoms with E-state index in [-0.39, 0.29) is 23.8 Å². The Labute approximate surface area is 126 Å². The summed E-state index contributed by atoms with van der Waals surface area (Å²) in [5.74, 6) is 0.0662. The molecule has 112 valence electrons. The van der Waals surface area contributed by atoms with Gasteiger partial charge in [-0.1, -0.05) is 23.9 Å². The maximum atomic E-state index is 12.5. The Balaban J connectivity index is 2.44.